The Balaban J connectivity index is 3.07. The van der Waals surface area contributed by atoms with E-state index in [-0.39, 0.29) is 29.2 Å². The molecule has 1 amide bonds. The smallest absolute Gasteiger partial charge is 0.335 e. The molecule has 0 spiro atoms. The maximum atomic E-state index is 14.0. The van der Waals surface area contributed by atoms with Crippen LogP contribution in [0.2, 0.25) is 0 Å². The van der Waals surface area contributed by atoms with Gasteiger partial charge in [-0.15, -0.1) is 0 Å². The molecule has 23 heavy (non-hydrogen) atoms. The van der Waals surface area contributed by atoms with E-state index in [9.17, 15) is 22.4 Å². The maximum absolute atomic E-state index is 14.0. The molecule has 0 bridgehead atoms. The molecule has 1 N–H and O–H groups in total. The second kappa shape index (κ2) is 7.54. The summed E-state index contributed by atoms with van der Waals surface area (Å²) in [5.41, 5.74) is -0.540. The van der Waals surface area contributed by atoms with Crippen molar-refractivity contribution in [1.29, 1.82) is 0 Å². The molecule has 0 radical (unpaired) electrons. The van der Waals surface area contributed by atoms with E-state index in [1.54, 1.807) is 13.8 Å². The SMILES string of the molecule is CCN(C(=O)c1ccc(C(=O)O)cc1F)C(C)CS(=O)(=O)CC. The minimum absolute atomic E-state index is 0.0369. The van der Waals surface area contributed by atoms with Gasteiger partial charge in [0.15, 0.2) is 9.84 Å². The molecule has 0 aromatic heterocycles. The van der Waals surface area contributed by atoms with Gasteiger partial charge in [-0.1, -0.05) is 6.92 Å². The highest BCUT2D eigenvalue weighted by molar-refractivity contribution is 7.91. The van der Waals surface area contributed by atoms with E-state index in [1.165, 1.54) is 11.8 Å². The lowest BCUT2D eigenvalue weighted by molar-refractivity contribution is 0.0687. The van der Waals surface area contributed by atoms with Crippen LogP contribution in [0, 0.1) is 5.82 Å². The number of rotatable bonds is 7. The van der Waals surface area contributed by atoms with Gasteiger partial charge < -0.3 is 10.0 Å². The summed E-state index contributed by atoms with van der Waals surface area (Å²) < 4.78 is 37.4. The Kier molecular flexibility index (Phi) is 6.26. The Bertz CT molecular complexity index is 702. The molecular weight excluding hydrogens is 325 g/mol. The molecule has 0 heterocycles. The number of hydrogen-bond donors (Lipinski definition) is 1. The fourth-order valence-corrected chi connectivity index (χ4v) is 3.36. The van der Waals surface area contributed by atoms with Crippen LogP contribution in [0.15, 0.2) is 18.2 Å². The van der Waals surface area contributed by atoms with Gasteiger partial charge in [0.25, 0.3) is 5.91 Å². The number of sulfone groups is 1. The Morgan fingerprint density at radius 2 is 1.91 bits per heavy atom. The molecule has 0 aliphatic heterocycles. The molecule has 0 fully saturated rings. The maximum Gasteiger partial charge on any atom is 0.335 e. The van der Waals surface area contributed by atoms with Crippen LogP contribution < -0.4 is 0 Å². The second-order valence-corrected chi connectivity index (χ2v) is 7.54. The normalized spacial score (nSPS) is 12.7. The minimum atomic E-state index is -3.28. The first-order chi connectivity index (χ1) is 10.6. The lowest BCUT2D eigenvalue weighted by Crippen LogP contribution is -2.42. The summed E-state index contributed by atoms with van der Waals surface area (Å²) in [6.45, 7) is 4.97. The van der Waals surface area contributed by atoms with Crippen LogP contribution in [-0.2, 0) is 9.84 Å². The van der Waals surface area contributed by atoms with E-state index in [4.69, 9.17) is 5.11 Å². The standard InChI is InChI=1S/C15H20FNO5S/c1-4-17(10(3)9-23(21,22)5-2)14(18)12-7-6-11(15(19)20)8-13(12)16/h6-8,10H,4-5,9H2,1-3H3,(H,19,20). The van der Waals surface area contributed by atoms with Crippen molar-refractivity contribution in [3.63, 3.8) is 0 Å². The van der Waals surface area contributed by atoms with E-state index in [0.717, 1.165) is 18.2 Å². The summed E-state index contributed by atoms with van der Waals surface area (Å²) in [6.07, 6.45) is 0. The molecule has 1 rings (SSSR count). The lowest BCUT2D eigenvalue weighted by atomic mass is 10.1. The Labute approximate surface area is 134 Å². The third-order valence-corrected chi connectivity index (χ3v) is 5.38. The topological polar surface area (TPSA) is 91.8 Å². The van der Waals surface area contributed by atoms with Crippen LogP contribution >= 0.6 is 0 Å². The summed E-state index contributed by atoms with van der Waals surface area (Å²) in [5, 5.41) is 8.81. The Morgan fingerprint density at radius 1 is 1.30 bits per heavy atom. The lowest BCUT2D eigenvalue weighted by Gasteiger charge is -2.28. The van der Waals surface area contributed by atoms with Crippen molar-refractivity contribution in [2.24, 2.45) is 0 Å². The molecule has 0 aliphatic carbocycles. The summed E-state index contributed by atoms with van der Waals surface area (Å²) in [4.78, 5) is 24.5. The average Bonchev–Trinajstić information content (AvgIpc) is 2.47. The first-order valence-corrected chi connectivity index (χ1v) is 8.99. The van der Waals surface area contributed by atoms with Gasteiger partial charge in [-0.05, 0) is 32.0 Å². The minimum Gasteiger partial charge on any atom is -0.478 e. The van der Waals surface area contributed by atoms with Gasteiger partial charge in [0, 0.05) is 18.3 Å². The highest BCUT2D eigenvalue weighted by Gasteiger charge is 2.26. The number of halogens is 1. The quantitative estimate of drug-likeness (QED) is 0.814. The summed E-state index contributed by atoms with van der Waals surface area (Å²) in [5.74, 6) is -3.15. The van der Waals surface area contributed by atoms with Gasteiger partial charge in [-0.25, -0.2) is 17.6 Å². The van der Waals surface area contributed by atoms with Crippen LogP contribution in [0.1, 0.15) is 41.5 Å². The average molecular weight is 345 g/mol. The fourth-order valence-electron chi connectivity index (χ4n) is 2.21. The number of aromatic carboxylic acids is 1. The molecule has 1 atom stereocenters. The molecule has 6 nitrogen and oxygen atoms in total. The fraction of sp³-hybridized carbons (Fsp3) is 0.467. The first kappa shape index (κ1) is 19.1. The van der Waals surface area contributed by atoms with Crippen molar-refractivity contribution in [1.82, 2.24) is 4.90 Å². The number of benzene rings is 1. The molecule has 0 saturated carbocycles. The molecule has 128 valence electrons. The van der Waals surface area contributed by atoms with E-state index in [1.807, 2.05) is 0 Å². The summed E-state index contributed by atoms with van der Waals surface area (Å²) in [7, 11) is -3.28. The highest BCUT2D eigenvalue weighted by Crippen LogP contribution is 2.16. The van der Waals surface area contributed by atoms with Gasteiger partial charge in [-0.3, -0.25) is 4.79 Å². The van der Waals surface area contributed by atoms with Crippen LogP contribution in [0.25, 0.3) is 0 Å². The molecule has 8 heteroatoms. The number of hydrogen-bond acceptors (Lipinski definition) is 4. The third kappa shape index (κ3) is 4.75. The monoisotopic (exact) mass is 345 g/mol. The molecule has 0 saturated heterocycles. The molecule has 1 aromatic carbocycles. The van der Waals surface area contributed by atoms with Crippen molar-refractivity contribution < 1.29 is 27.5 Å². The molecular formula is C15H20FNO5S. The number of carboxylic acid groups (broad SMARTS) is 1. The van der Waals surface area contributed by atoms with E-state index >= 15 is 0 Å². The number of carbonyl (C=O) groups is 2. The van der Waals surface area contributed by atoms with E-state index in [0.29, 0.717) is 0 Å². The number of amides is 1. The second-order valence-electron chi connectivity index (χ2n) is 5.14. The van der Waals surface area contributed by atoms with Crippen LogP contribution in [-0.4, -0.2) is 54.4 Å². The van der Waals surface area contributed by atoms with Gasteiger partial charge >= 0.3 is 5.97 Å². The van der Waals surface area contributed by atoms with Crippen molar-refractivity contribution in [3.8, 4) is 0 Å². The number of nitrogens with zero attached hydrogens (tertiary/aromatic N) is 1. The predicted octanol–water partition coefficient (Wildman–Crippen LogP) is 1.81. The van der Waals surface area contributed by atoms with Gasteiger partial charge in [0.1, 0.15) is 5.82 Å². The zero-order valence-corrected chi connectivity index (χ0v) is 14.1. The third-order valence-electron chi connectivity index (χ3n) is 3.52. The molecule has 0 aliphatic rings. The molecule has 1 unspecified atom stereocenters. The van der Waals surface area contributed by atoms with Crippen LogP contribution in [0.5, 0.6) is 0 Å². The summed E-state index contributed by atoms with van der Waals surface area (Å²) >= 11 is 0. The number of carboxylic acids is 1. The zero-order chi connectivity index (χ0) is 17.8. The van der Waals surface area contributed by atoms with E-state index in [2.05, 4.69) is 0 Å². The van der Waals surface area contributed by atoms with Crippen molar-refractivity contribution in [2.45, 2.75) is 26.8 Å². The van der Waals surface area contributed by atoms with Crippen LogP contribution in [0.3, 0.4) is 0 Å². The van der Waals surface area contributed by atoms with E-state index < -0.39 is 33.6 Å². The Hall–Kier alpha value is -1.96. The highest BCUT2D eigenvalue weighted by atomic mass is 32.2. The van der Waals surface area contributed by atoms with Gasteiger partial charge in [0.2, 0.25) is 0 Å². The first-order valence-electron chi connectivity index (χ1n) is 7.17. The predicted molar refractivity (Wildman–Crippen MR) is 83.9 cm³/mol. The molecule has 1 aromatic rings. The van der Waals surface area contributed by atoms with Gasteiger partial charge in [0.05, 0.1) is 16.9 Å². The van der Waals surface area contributed by atoms with Crippen molar-refractivity contribution in [3.05, 3.63) is 35.1 Å². The zero-order valence-electron chi connectivity index (χ0n) is 13.2. The summed E-state index contributed by atoms with van der Waals surface area (Å²) in [6, 6.07) is 2.40. The van der Waals surface area contributed by atoms with Gasteiger partial charge in [-0.2, -0.15) is 0 Å². The number of carbonyl (C=O) groups excluding carboxylic acids is 1. The Morgan fingerprint density at radius 3 is 2.35 bits per heavy atom. The van der Waals surface area contributed by atoms with Crippen LogP contribution in [0.4, 0.5) is 4.39 Å². The largest absolute Gasteiger partial charge is 0.478 e. The van der Waals surface area contributed by atoms with Crippen molar-refractivity contribution >= 4 is 21.7 Å². The van der Waals surface area contributed by atoms with Crippen molar-refractivity contribution in [2.75, 3.05) is 18.1 Å².